The van der Waals surface area contributed by atoms with Crippen LogP contribution in [0.25, 0.3) is 0 Å². The van der Waals surface area contributed by atoms with Gasteiger partial charge in [0.2, 0.25) is 0 Å². The van der Waals surface area contributed by atoms with Gasteiger partial charge in [0, 0.05) is 19.7 Å². The van der Waals surface area contributed by atoms with Crippen LogP contribution in [0.15, 0.2) is 18.2 Å². The molecule has 1 heterocycles. The van der Waals surface area contributed by atoms with Gasteiger partial charge in [0.15, 0.2) is 0 Å². The Bertz CT molecular complexity index is 441. The Labute approximate surface area is 115 Å². The van der Waals surface area contributed by atoms with Crippen molar-refractivity contribution in [3.05, 3.63) is 35.1 Å². The lowest BCUT2D eigenvalue weighted by Gasteiger charge is -2.22. The van der Waals surface area contributed by atoms with Gasteiger partial charge in [-0.05, 0) is 43.0 Å². The highest BCUT2D eigenvalue weighted by atomic mass is 19.4. The summed E-state index contributed by atoms with van der Waals surface area (Å²) in [5, 5.41) is 3.02. The van der Waals surface area contributed by atoms with E-state index in [-0.39, 0.29) is 18.2 Å². The summed E-state index contributed by atoms with van der Waals surface area (Å²) in [5.74, 6) is -0.870. The van der Waals surface area contributed by atoms with Crippen molar-refractivity contribution in [2.24, 2.45) is 0 Å². The molecule has 112 valence electrons. The fraction of sp³-hybridized carbons (Fsp3) is 0.571. The summed E-state index contributed by atoms with van der Waals surface area (Å²) >= 11 is 0. The fourth-order valence-electron chi connectivity index (χ4n) is 2.26. The average molecular weight is 291 g/mol. The Morgan fingerprint density at radius 3 is 2.65 bits per heavy atom. The van der Waals surface area contributed by atoms with Crippen molar-refractivity contribution in [3.8, 4) is 0 Å². The molecule has 0 bridgehead atoms. The van der Waals surface area contributed by atoms with Crippen LogP contribution in [0.1, 0.15) is 30.4 Å². The molecule has 2 rings (SSSR count). The SMILES string of the molecule is Fc1cc(CNCC2CCCCO2)cc(C(F)(F)F)c1. The van der Waals surface area contributed by atoms with Crippen LogP contribution in [0.5, 0.6) is 0 Å². The van der Waals surface area contributed by atoms with Crippen LogP contribution < -0.4 is 5.32 Å². The predicted molar refractivity (Wildman–Crippen MR) is 66.7 cm³/mol. The molecule has 0 aromatic heterocycles. The number of alkyl halides is 3. The van der Waals surface area contributed by atoms with Crippen molar-refractivity contribution in [2.75, 3.05) is 13.2 Å². The Balaban J connectivity index is 1.90. The topological polar surface area (TPSA) is 21.3 Å². The molecule has 1 aromatic carbocycles. The first-order chi connectivity index (χ1) is 9.45. The standard InChI is InChI=1S/C14H17F4NO/c15-12-6-10(5-11(7-12)14(16,17)18)8-19-9-13-3-1-2-4-20-13/h5-7,13,19H,1-4,8-9H2. The zero-order valence-electron chi connectivity index (χ0n) is 11.0. The molecule has 0 amide bonds. The second-order valence-corrected chi connectivity index (χ2v) is 4.97. The van der Waals surface area contributed by atoms with Gasteiger partial charge in [-0.3, -0.25) is 0 Å². The molecule has 1 fully saturated rings. The smallest absolute Gasteiger partial charge is 0.377 e. The minimum atomic E-state index is -4.52. The lowest BCUT2D eigenvalue weighted by molar-refractivity contribution is -0.137. The summed E-state index contributed by atoms with van der Waals surface area (Å²) in [4.78, 5) is 0. The third-order valence-corrected chi connectivity index (χ3v) is 3.26. The summed E-state index contributed by atoms with van der Waals surface area (Å²) in [6.45, 7) is 1.49. The predicted octanol–water partition coefficient (Wildman–Crippen LogP) is 3.50. The zero-order chi connectivity index (χ0) is 14.6. The highest BCUT2D eigenvalue weighted by Crippen LogP contribution is 2.30. The molecule has 1 aromatic rings. The fourth-order valence-corrected chi connectivity index (χ4v) is 2.26. The average Bonchev–Trinajstić information content (AvgIpc) is 2.38. The summed E-state index contributed by atoms with van der Waals surface area (Å²) < 4.78 is 56.3. The molecule has 1 unspecified atom stereocenters. The first-order valence-electron chi connectivity index (χ1n) is 6.64. The van der Waals surface area contributed by atoms with Crippen molar-refractivity contribution in [1.29, 1.82) is 0 Å². The molecular weight excluding hydrogens is 274 g/mol. The van der Waals surface area contributed by atoms with Crippen molar-refractivity contribution in [1.82, 2.24) is 5.32 Å². The number of benzene rings is 1. The molecule has 6 heteroatoms. The molecule has 0 aliphatic carbocycles. The first-order valence-corrected chi connectivity index (χ1v) is 6.64. The van der Waals surface area contributed by atoms with Crippen LogP contribution in [0.3, 0.4) is 0 Å². The molecule has 1 atom stereocenters. The maximum Gasteiger partial charge on any atom is 0.416 e. The van der Waals surface area contributed by atoms with Crippen LogP contribution in [-0.2, 0) is 17.5 Å². The minimum absolute atomic E-state index is 0.0967. The van der Waals surface area contributed by atoms with Crippen LogP contribution in [0, 0.1) is 5.82 Å². The van der Waals surface area contributed by atoms with Gasteiger partial charge in [-0.25, -0.2) is 4.39 Å². The van der Waals surface area contributed by atoms with Gasteiger partial charge in [-0.1, -0.05) is 0 Å². The van der Waals surface area contributed by atoms with Gasteiger partial charge >= 0.3 is 6.18 Å². The number of rotatable bonds is 4. The van der Waals surface area contributed by atoms with E-state index in [0.29, 0.717) is 12.6 Å². The van der Waals surface area contributed by atoms with E-state index in [1.54, 1.807) is 0 Å². The first kappa shape index (κ1) is 15.3. The zero-order valence-corrected chi connectivity index (χ0v) is 11.0. The van der Waals surface area contributed by atoms with Gasteiger partial charge in [0.1, 0.15) is 5.82 Å². The van der Waals surface area contributed by atoms with Gasteiger partial charge in [-0.15, -0.1) is 0 Å². The third-order valence-electron chi connectivity index (χ3n) is 3.26. The molecule has 1 saturated heterocycles. The third kappa shape index (κ3) is 4.45. The number of ether oxygens (including phenoxy) is 1. The van der Waals surface area contributed by atoms with Gasteiger partial charge < -0.3 is 10.1 Å². The van der Waals surface area contributed by atoms with Crippen LogP contribution >= 0.6 is 0 Å². The monoisotopic (exact) mass is 291 g/mol. The van der Waals surface area contributed by atoms with E-state index >= 15 is 0 Å². The largest absolute Gasteiger partial charge is 0.416 e. The second kappa shape index (κ2) is 6.54. The number of halogens is 4. The van der Waals surface area contributed by atoms with Crippen LogP contribution in [0.2, 0.25) is 0 Å². The van der Waals surface area contributed by atoms with E-state index in [2.05, 4.69) is 5.32 Å². The lowest BCUT2D eigenvalue weighted by Crippen LogP contribution is -2.31. The molecule has 20 heavy (non-hydrogen) atoms. The van der Waals surface area contributed by atoms with E-state index in [4.69, 9.17) is 4.74 Å². The second-order valence-electron chi connectivity index (χ2n) is 4.97. The molecule has 2 nitrogen and oxygen atoms in total. The van der Waals surface area contributed by atoms with Crippen molar-refractivity contribution >= 4 is 0 Å². The summed E-state index contributed by atoms with van der Waals surface area (Å²) in [5.41, 5.74) is -0.670. The minimum Gasteiger partial charge on any atom is -0.377 e. The van der Waals surface area contributed by atoms with E-state index in [0.717, 1.165) is 38.0 Å². The van der Waals surface area contributed by atoms with Gasteiger partial charge in [0.05, 0.1) is 11.7 Å². The van der Waals surface area contributed by atoms with E-state index < -0.39 is 17.6 Å². The highest BCUT2D eigenvalue weighted by Gasteiger charge is 2.31. The molecule has 0 saturated carbocycles. The normalized spacial score (nSPS) is 20.1. The lowest BCUT2D eigenvalue weighted by atomic mass is 10.1. The Morgan fingerprint density at radius 1 is 1.20 bits per heavy atom. The summed E-state index contributed by atoms with van der Waals surface area (Å²) in [6, 6.07) is 2.59. The molecule has 0 radical (unpaired) electrons. The number of hydrogen-bond donors (Lipinski definition) is 1. The van der Waals surface area contributed by atoms with Gasteiger partial charge in [-0.2, -0.15) is 13.2 Å². The Morgan fingerprint density at radius 2 is 2.00 bits per heavy atom. The van der Waals surface area contributed by atoms with Crippen molar-refractivity contribution in [2.45, 2.75) is 38.1 Å². The molecule has 0 spiro atoms. The molecule has 1 aliphatic heterocycles. The van der Waals surface area contributed by atoms with Crippen LogP contribution in [0.4, 0.5) is 17.6 Å². The van der Waals surface area contributed by atoms with Crippen molar-refractivity contribution in [3.63, 3.8) is 0 Å². The van der Waals surface area contributed by atoms with E-state index in [1.165, 1.54) is 0 Å². The van der Waals surface area contributed by atoms with Crippen LogP contribution in [-0.4, -0.2) is 19.3 Å². The highest BCUT2D eigenvalue weighted by molar-refractivity contribution is 5.26. The Hall–Kier alpha value is -1.14. The molecule has 1 aliphatic rings. The Kier molecular flexibility index (Phi) is 4.99. The van der Waals surface area contributed by atoms with E-state index in [1.807, 2.05) is 0 Å². The summed E-state index contributed by atoms with van der Waals surface area (Å²) in [6.07, 6.45) is -1.33. The van der Waals surface area contributed by atoms with E-state index in [9.17, 15) is 17.6 Å². The summed E-state index contributed by atoms with van der Waals surface area (Å²) in [7, 11) is 0. The van der Waals surface area contributed by atoms with Gasteiger partial charge in [0.25, 0.3) is 0 Å². The molecule has 1 N–H and O–H groups in total. The number of hydrogen-bond acceptors (Lipinski definition) is 2. The number of nitrogens with one attached hydrogen (secondary N) is 1. The quantitative estimate of drug-likeness (QED) is 0.857. The van der Waals surface area contributed by atoms with Crippen molar-refractivity contribution < 1.29 is 22.3 Å². The maximum absolute atomic E-state index is 13.2. The maximum atomic E-state index is 13.2. The molecular formula is C14H17F4NO.